The first-order chi connectivity index (χ1) is 31.8. The van der Waals surface area contributed by atoms with Crippen molar-refractivity contribution in [3.05, 3.63) is 125 Å². The topological polar surface area (TPSA) is 174 Å². The fraction of sp³-hybridized carbons (Fsp3) is 0.500. The molecule has 3 saturated heterocycles. The van der Waals surface area contributed by atoms with Gasteiger partial charge in [-0.1, -0.05) is 66.7 Å². The van der Waals surface area contributed by atoms with Crippen LogP contribution in [0.5, 0.6) is 17.2 Å². The number of ether oxygens (including phenoxy) is 12. The van der Waals surface area contributed by atoms with E-state index in [0.29, 0.717) is 12.4 Å². The first-order valence-corrected chi connectivity index (χ1v) is 24.5. The first-order valence-electron chi connectivity index (χ1n) is 21.6. The molecule has 4 aromatic rings. The van der Waals surface area contributed by atoms with Gasteiger partial charge in [-0.25, -0.2) is 4.18 Å². The summed E-state index contributed by atoms with van der Waals surface area (Å²) in [7, 11) is 1.94. The minimum absolute atomic E-state index is 0.121. The summed E-state index contributed by atoms with van der Waals surface area (Å²) in [6, 6.07) is 32.5. The Morgan fingerprint density at radius 1 is 0.621 bits per heavy atom. The molecule has 0 radical (unpaired) electrons. The van der Waals surface area contributed by atoms with Crippen LogP contribution in [0, 0.1) is 0 Å². The number of hydrogen-bond acceptors (Lipinski definition) is 15. The zero-order chi connectivity index (χ0) is 46.9. The molecular formula is C48H61O16S2+. The van der Waals surface area contributed by atoms with Crippen LogP contribution in [-0.4, -0.2) is 126 Å². The van der Waals surface area contributed by atoms with E-state index in [1.165, 1.54) is 14.2 Å². The van der Waals surface area contributed by atoms with Crippen LogP contribution < -0.4 is 14.2 Å². The summed E-state index contributed by atoms with van der Waals surface area (Å²) in [6.45, 7) is 4.46. The quantitative estimate of drug-likeness (QED) is 0.0713. The van der Waals surface area contributed by atoms with Crippen LogP contribution in [0.15, 0.2) is 103 Å². The Balaban J connectivity index is 1.23. The molecule has 16 nitrogen and oxygen atoms in total. The summed E-state index contributed by atoms with van der Waals surface area (Å²) < 4.78 is 116. The Labute approximate surface area is 390 Å². The van der Waals surface area contributed by atoms with Gasteiger partial charge in [0.15, 0.2) is 11.5 Å². The van der Waals surface area contributed by atoms with Gasteiger partial charge in [0.05, 0.1) is 54.4 Å². The number of benzene rings is 4. The molecule has 3 fully saturated rings. The van der Waals surface area contributed by atoms with Crippen molar-refractivity contribution in [3.8, 4) is 17.2 Å². The van der Waals surface area contributed by atoms with E-state index in [-0.39, 0.29) is 37.4 Å². The minimum atomic E-state index is -5.09. The number of fused-ring (bicyclic) bond motifs is 1. The monoisotopic (exact) mass is 957 g/mol. The van der Waals surface area contributed by atoms with E-state index in [1.54, 1.807) is 35.2 Å². The van der Waals surface area contributed by atoms with E-state index in [0.717, 1.165) is 39.5 Å². The lowest BCUT2D eigenvalue weighted by molar-refractivity contribution is -0.482. The van der Waals surface area contributed by atoms with Crippen LogP contribution in [0.25, 0.3) is 0 Å². The molecule has 1 N–H and O–H groups in total. The molecule has 18 heteroatoms. The third-order valence-corrected chi connectivity index (χ3v) is 15.5. The zero-order valence-electron chi connectivity index (χ0n) is 38.3. The molecule has 0 saturated carbocycles. The van der Waals surface area contributed by atoms with Crippen molar-refractivity contribution in [2.24, 2.45) is 0 Å². The van der Waals surface area contributed by atoms with Crippen molar-refractivity contribution in [1.82, 2.24) is 0 Å². The molecule has 0 spiro atoms. The maximum absolute atomic E-state index is 12.8. The average Bonchev–Trinajstić information content (AvgIpc) is 3.66. The highest BCUT2D eigenvalue weighted by Crippen LogP contribution is 2.46. The van der Waals surface area contributed by atoms with Gasteiger partial charge in [0.1, 0.15) is 65.4 Å². The Morgan fingerprint density at radius 3 is 1.62 bits per heavy atom. The van der Waals surface area contributed by atoms with E-state index in [9.17, 15) is 13.0 Å². The second-order valence-corrected chi connectivity index (χ2v) is 19.8. The highest BCUT2D eigenvalue weighted by Gasteiger charge is 2.65. The number of rotatable bonds is 22. The van der Waals surface area contributed by atoms with Crippen LogP contribution in [0.4, 0.5) is 0 Å². The van der Waals surface area contributed by atoms with Gasteiger partial charge in [-0.15, -0.1) is 0 Å². The van der Waals surface area contributed by atoms with E-state index in [2.05, 4.69) is 0 Å². The SMILES string of the molecule is COc1ccc(COC[C@@H]2[C@@H](OCc3ccc(OC)cc3)[C@H](OCc3ccc(OC)cc3)C[S+]2C[C@H]2O[C@@H](OCc3ccccc3)[C@@H]3O[C@@](C)(OC)[C@](C)(OC)O[C@H]3[C@@H]2OS(=O)(=O)O)cc1. The standard InChI is InChI=1S/C48H60O16S2/c1-47(55-6)48(2,56-7)63-45-44(62-47)43(64-66(49,50)51)40(61-46(45)60-28-32-11-9-8-10-12-32)31-65-30-39(58-26-34-15-21-37(53-4)22-16-34)42(59-27-35-17-23-38(54-5)24-18-35)41(65)29-57-25-33-13-19-36(52-3)20-14-33/h8-24,39-46H,25-31H2,1-7H3/p+1/t39-,40-,41-,42+,43-,44+,45-,46-,47-,48-,65?/m1/s1. The Hall–Kier alpha value is -3.86. The van der Waals surface area contributed by atoms with Crippen molar-refractivity contribution in [2.45, 2.75) is 100 Å². The third-order valence-electron chi connectivity index (χ3n) is 12.3. The fourth-order valence-electron chi connectivity index (χ4n) is 8.28. The summed E-state index contributed by atoms with van der Waals surface area (Å²) in [4.78, 5) is 0. The van der Waals surface area contributed by atoms with Crippen LogP contribution in [0.1, 0.15) is 36.1 Å². The lowest BCUT2D eigenvalue weighted by Crippen LogP contribution is -2.73. The van der Waals surface area contributed by atoms with Gasteiger partial charge in [-0.2, -0.15) is 8.42 Å². The molecule has 1 unspecified atom stereocenters. The summed E-state index contributed by atoms with van der Waals surface area (Å²) in [5.74, 6) is -0.237. The Bertz CT molecular complexity index is 2220. The lowest BCUT2D eigenvalue weighted by atomic mass is 9.95. The molecule has 3 heterocycles. The molecule has 360 valence electrons. The van der Waals surface area contributed by atoms with Gasteiger partial charge in [0, 0.05) is 25.1 Å². The number of hydrogen-bond donors (Lipinski definition) is 1. The van der Waals surface area contributed by atoms with Gasteiger partial charge >= 0.3 is 10.4 Å². The van der Waals surface area contributed by atoms with Gasteiger partial charge in [0.2, 0.25) is 11.6 Å². The molecule has 0 aromatic heterocycles. The molecule has 0 bridgehead atoms. The normalized spacial score (nSPS) is 29.8. The van der Waals surface area contributed by atoms with Crippen molar-refractivity contribution < 1.29 is 74.0 Å². The molecule has 7 rings (SSSR count). The van der Waals surface area contributed by atoms with Gasteiger partial charge in [-0.3, -0.25) is 4.55 Å². The van der Waals surface area contributed by atoms with Gasteiger partial charge in [0.25, 0.3) is 0 Å². The molecule has 3 aliphatic rings. The first kappa shape index (κ1) is 50.0. The average molecular weight is 958 g/mol. The highest BCUT2D eigenvalue weighted by atomic mass is 32.3. The molecular weight excluding hydrogens is 897 g/mol. The second-order valence-electron chi connectivity index (χ2n) is 16.4. The predicted octanol–water partition coefficient (Wildman–Crippen LogP) is 6.04. The summed E-state index contributed by atoms with van der Waals surface area (Å²) in [6.07, 6.45) is -6.89. The summed E-state index contributed by atoms with van der Waals surface area (Å²) in [5.41, 5.74) is 3.66. The van der Waals surface area contributed by atoms with Gasteiger partial charge in [-0.05, 0) is 72.5 Å². The van der Waals surface area contributed by atoms with Crippen molar-refractivity contribution >= 4 is 21.3 Å². The molecule has 66 heavy (non-hydrogen) atoms. The van der Waals surface area contributed by atoms with Crippen LogP contribution in [0.2, 0.25) is 0 Å². The number of methoxy groups -OCH3 is 5. The Kier molecular flexibility index (Phi) is 17.1. The molecule has 11 atom stereocenters. The molecule has 4 aromatic carbocycles. The third kappa shape index (κ3) is 12.2. The smallest absolute Gasteiger partial charge is 0.397 e. The van der Waals surface area contributed by atoms with Crippen LogP contribution in [0.3, 0.4) is 0 Å². The van der Waals surface area contributed by atoms with Crippen molar-refractivity contribution in [2.75, 3.05) is 53.7 Å². The highest BCUT2D eigenvalue weighted by molar-refractivity contribution is 7.97. The maximum atomic E-state index is 12.8. The minimum Gasteiger partial charge on any atom is -0.497 e. The predicted molar refractivity (Wildman–Crippen MR) is 244 cm³/mol. The second kappa shape index (κ2) is 22.5. The lowest BCUT2D eigenvalue weighted by Gasteiger charge is -2.56. The molecule has 3 aliphatic heterocycles. The van der Waals surface area contributed by atoms with E-state index < -0.39 is 75.8 Å². The summed E-state index contributed by atoms with van der Waals surface area (Å²) >= 11 is 0. The van der Waals surface area contributed by atoms with Crippen molar-refractivity contribution in [3.63, 3.8) is 0 Å². The zero-order valence-corrected chi connectivity index (χ0v) is 39.9. The maximum Gasteiger partial charge on any atom is 0.397 e. The van der Waals surface area contributed by atoms with E-state index in [4.69, 9.17) is 61.0 Å². The summed E-state index contributed by atoms with van der Waals surface area (Å²) in [5, 5.41) is -0.302. The van der Waals surface area contributed by atoms with E-state index in [1.807, 2.05) is 103 Å². The van der Waals surface area contributed by atoms with Crippen LogP contribution in [-0.2, 0) is 94.5 Å². The molecule has 0 amide bonds. The van der Waals surface area contributed by atoms with Crippen LogP contribution >= 0.6 is 0 Å². The fourth-order valence-corrected chi connectivity index (χ4v) is 11.7. The van der Waals surface area contributed by atoms with Gasteiger partial charge < -0.3 is 56.8 Å². The van der Waals surface area contributed by atoms with Crippen molar-refractivity contribution in [1.29, 1.82) is 0 Å². The van der Waals surface area contributed by atoms with E-state index >= 15 is 0 Å². The Morgan fingerprint density at radius 2 is 1.11 bits per heavy atom. The molecule has 0 aliphatic carbocycles. The largest absolute Gasteiger partial charge is 0.497 e.